The van der Waals surface area contributed by atoms with Gasteiger partial charge in [0.1, 0.15) is 6.54 Å². The average molecular weight is 234 g/mol. The van der Waals surface area contributed by atoms with Gasteiger partial charge in [-0.1, -0.05) is 6.92 Å². The molecule has 0 aliphatic carbocycles. The third-order valence-electron chi connectivity index (χ3n) is 2.35. The monoisotopic (exact) mass is 234 g/mol. The number of hydrogen-bond acceptors (Lipinski definition) is 3. The molecule has 0 saturated carbocycles. The molecule has 5 nitrogen and oxygen atoms in total. The average Bonchev–Trinajstić information content (AvgIpc) is 2.74. The number of aromatic nitrogens is 1. The maximum absolute atomic E-state index is 11.5. The van der Waals surface area contributed by atoms with Gasteiger partial charge in [0.15, 0.2) is 0 Å². The molecule has 5 heteroatoms. The van der Waals surface area contributed by atoms with Gasteiger partial charge in [-0.2, -0.15) is 5.26 Å². The number of nitrogens with zero attached hydrogens (tertiary/aromatic N) is 2. The lowest BCUT2D eigenvalue weighted by Gasteiger charge is -2.09. The number of carbonyl (C=O) groups excluding carboxylic acids is 1. The Morgan fingerprint density at radius 3 is 3.12 bits per heavy atom. The van der Waals surface area contributed by atoms with Crippen LogP contribution >= 0.6 is 0 Å². The van der Waals surface area contributed by atoms with E-state index in [1.165, 1.54) is 0 Å². The lowest BCUT2D eigenvalue weighted by molar-refractivity contribution is -0.121. The SMILES string of the molecule is CCNCc1cccn1CC(=O)NCCC#N. The van der Waals surface area contributed by atoms with Gasteiger partial charge in [-0.05, 0) is 18.7 Å². The van der Waals surface area contributed by atoms with E-state index in [4.69, 9.17) is 5.26 Å². The minimum Gasteiger partial charge on any atom is -0.354 e. The van der Waals surface area contributed by atoms with E-state index in [-0.39, 0.29) is 5.91 Å². The van der Waals surface area contributed by atoms with Crippen molar-refractivity contribution < 1.29 is 4.79 Å². The Labute approximate surface area is 101 Å². The first-order valence-electron chi connectivity index (χ1n) is 5.76. The molecular weight excluding hydrogens is 216 g/mol. The van der Waals surface area contributed by atoms with E-state index in [0.29, 0.717) is 19.5 Å². The lowest BCUT2D eigenvalue weighted by atomic mass is 10.4. The number of rotatable bonds is 7. The van der Waals surface area contributed by atoms with E-state index in [0.717, 1.165) is 18.8 Å². The van der Waals surface area contributed by atoms with Crippen molar-refractivity contribution in [1.82, 2.24) is 15.2 Å². The van der Waals surface area contributed by atoms with Gasteiger partial charge in [-0.15, -0.1) is 0 Å². The molecule has 2 N–H and O–H groups in total. The van der Waals surface area contributed by atoms with Crippen LogP contribution in [0.15, 0.2) is 18.3 Å². The van der Waals surface area contributed by atoms with Gasteiger partial charge in [0, 0.05) is 25.0 Å². The number of hydrogen-bond donors (Lipinski definition) is 2. The first-order valence-corrected chi connectivity index (χ1v) is 5.76. The van der Waals surface area contributed by atoms with Crippen molar-refractivity contribution in [2.24, 2.45) is 0 Å². The number of amides is 1. The van der Waals surface area contributed by atoms with E-state index in [1.807, 2.05) is 35.9 Å². The molecule has 1 rings (SSSR count). The molecule has 0 unspecified atom stereocenters. The smallest absolute Gasteiger partial charge is 0.239 e. The van der Waals surface area contributed by atoms with E-state index < -0.39 is 0 Å². The van der Waals surface area contributed by atoms with Crippen molar-refractivity contribution in [3.05, 3.63) is 24.0 Å². The van der Waals surface area contributed by atoms with Crippen LogP contribution in [0.4, 0.5) is 0 Å². The number of nitrogens with one attached hydrogen (secondary N) is 2. The van der Waals surface area contributed by atoms with Gasteiger partial charge in [-0.25, -0.2) is 0 Å². The van der Waals surface area contributed by atoms with E-state index >= 15 is 0 Å². The Morgan fingerprint density at radius 2 is 2.41 bits per heavy atom. The predicted molar refractivity (Wildman–Crippen MR) is 65.1 cm³/mol. The van der Waals surface area contributed by atoms with Crippen LogP contribution in [0.25, 0.3) is 0 Å². The Hall–Kier alpha value is -1.80. The van der Waals surface area contributed by atoms with Gasteiger partial charge >= 0.3 is 0 Å². The second-order valence-electron chi connectivity index (χ2n) is 3.67. The molecular formula is C12H18N4O. The first kappa shape index (κ1) is 13.3. The van der Waals surface area contributed by atoms with Crippen LogP contribution in [-0.4, -0.2) is 23.6 Å². The summed E-state index contributed by atoms with van der Waals surface area (Å²) in [6, 6.07) is 5.91. The van der Waals surface area contributed by atoms with Crippen LogP contribution in [0, 0.1) is 11.3 Å². The van der Waals surface area contributed by atoms with Gasteiger partial charge < -0.3 is 15.2 Å². The first-order chi connectivity index (χ1) is 8.27. The Bertz CT molecular complexity index is 391. The summed E-state index contributed by atoms with van der Waals surface area (Å²) in [4.78, 5) is 11.5. The van der Waals surface area contributed by atoms with Crippen molar-refractivity contribution in [1.29, 1.82) is 5.26 Å². The highest BCUT2D eigenvalue weighted by atomic mass is 16.1. The molecule has 0 atom stereocenters. The van der Waals surface area contributed by atoms with Gasteiger partial charge in [-0.3, -0.25) is 4.79 Å². The summed E-state index contributed by atoms with van der Waals surface area (Å²) in [7, 11) is 0. The van der Waals surface area contributed by atoms with Crippen LogP contribution < -0.4 is 10.6 Å². The molecule has 0 fully saturated rings. The van der Waals surface area contributed by atoms with Crippen LogP contribution in [0.5, 0.6) is 0 Å². The molecule has 0 aliphatic heterocycles. The van der Waals surface area contributed by atoms with Crippen LogP contribution in [-0.2, 0) is 17.9 Å². The highest BCUT2D eigenvalue weighted by molar-refractivity contribution is 5.75. The fraction of sp³-hybridized carbons (Fsp3) is 0.500. The Kier molecular flexibility index (Phi) is 5.83. The summed E-state index contributed by atoms with van der Waals surface area (Å²) in [5.41, 5.74) is 1.09. The standard InChI is InChI=1S/C12H18N4O/c1-2-14-9-11-5-3-8-16(11)10-12(17)15-7-4-6-13/h3,5,8,14H,2,4,7,9-10H2,1H3,(H,15,17). The lowest BCUT2D eigenvalue weighted by Crippen LogP contribution is -2.29. The fourth-order valence-electron chi connectivity index (χ4n) is 1.49. The summed E-state index contributed by atoms with van der Waals surface area (Å²) in [6.07, 6.45) is 2.23. The molecule has 0 bridgehead atoms. The van der Waals surface area contributed by atoms with Crippen LogP contribution in [0.2, 0.25) is 0 Å². The Balaban J connectivity index is 2.42. The summed E-state index contributed by atoms with van der Waals surface area (Å²) in [5.74, 6) is -0.0609. The molecule has 0 radical (unpaired) electrons. The second kappa shape index (κ2) is 7.47. The quantitative estimate of drug-likeness (QED) is 0.680. The Morgan fingerprint density at radius 1 is 1.59 bits per heavy atom. The van der Waals surface area contributed by atoms with Crippen molar-refractivity contribution in [2.45, 2.75) is 26.4 Å². The van der Waals surface area contributed by atoms with Crippen molar-refractivity contribution >= 4 is 5.91 Å². The highest BCUT2D eigenvalue weighted by Crippen LogP contribution is 2.01. The molecule has 17 heavy (non-hydrogen) atoms. The third kappa shape index (κ3) is 4.70. The molecule has 1 aromatic heterocycles. The second-order valence-corrected chi connectivity index (χ2v) is 3.67. The minimum atomic E-state index is -0.0609. The molecule has 1 aromatic rings. The number of carbonyl (C=O) groups is 1. The zero-order valence-corrected chi connectivity index (χ0v) is 10.1. The van der Waals surface area contributed by atoms with E-state index in [2.05, 4.69) is 10.6 Å². The summed E-state index contributed by atoms with van der Waals surface area (Å²) < 4.78 is 1.91. The minimum absolute atomic E-state index is 0.0609. The summed E-state index contributed by atoms with van der Waals surface area (Å²) in [6.45, 7) is 4.43. The maximum Gasteiger partial charge on any atom is 0.239 e. The van der Waals surface area contributed by atoms with Crippen molar-refractivity contribution in [2.75, 3.05) is 13.1 Å². The van der Waals surface area contributed by atoms with E-state index in [1.54, 1.807) is 0 Å². The number of nitriles is 1. The van der Waals surface area contributed by atoms with Crippen molar-refractivity contribution in [3.8, 4) is 6.07 Å². The van der Waals surface area contributed by atoms with Gasteiger partial charge in [0.25, 0.3) is 0 Å². The molecule has 1 amide bonds. The topological polar surface area (TPSA) is 69.8 Å². The van der Waals surface area contributed by atoms with Gasteiger partial charge in [0.05, 0.1) is 12.5 Å². The maximum atomic E-state index is 11.5. The molecule has 0 aliphatic rings. The largest absolute Gasteiger partial charge is 0.354 e. The van der Waals surface area contributed by atoms with Crippen molar-refractivity contribution in [3.63, 3.8) is 0 Å². The fourth-order valence-corrected chi connectivity index (χ4v) is 1.49. The molecule has 0 spiro atoms. The predicted octanol–water partition coefficient (Wildman–Crippen LogP) is 0.627. The normalized spacial score (nSPS) is 9.88. The zero-order valence-electron chi connectivity index (χ0n) is 10.1. The zero-order chi connectivity index (χ0) is 12.5. The summed E-state index contributed by atoms with van der Waals surface area (Å²) >= 11 is 0. The van der Waals surface area contributed by atoms with Crippen LogP contribution in [0.1, 0.15) is 19.0 Å². The third-order valence-corrected chi connectivity index (χ3v) is 2.35. The molecule has 0 aromatic carbocycles. The van der Waals surface area contributed by atoms with Gasteiger partial charge in [0.2, 0.25) is 5.91 Å². The van der Waals surface area contributed by atoms with E-state index in [9.17, 15) is 4.79 Å². The highest BCUT2D eigenvalue weighted by Gasteiger charge is 2.05. The summed E-state index contributed by atoms with van der Waals surface area (Å²) in [5, 5.41) is 14.3. The molecule has 92 valence electrons. The molecule has 1 heterocycles. The molecule has 0 saturated heterocycles. The van der Waals surface area contributed by atoms with Crippen LogP contribution in [0.3, 0.4) is 0 Å².